The smallest absolute Gasteiger partial charge is 0.205 e. The first-order valence-electron chi connectivity index (χ1n) is 10.3. The normalized spacial score (nSPS) is 16.2. The van der Waals surface area contributed by atoms with Crippen LogP contribution in [-0.2, 0) is 17.8 Å². The molecule has 1 fully saturated rings. The number of aromatic nitrogens is 2. The molecule has 0 aliphatic carbocycles. The van der Waals surface area contributed by atoms with Gasteiger partial charge in [0.05, 0.1) is 13.2 Å². The van der Waals surface area contributed by atoms with Gasteiger partial charge in [-0.1, -0.05) is 44.2 Å². The van der Waals surface area contributed by atoms with Gasteiger partial charge in [-0.05, 0) is 11.5 Å². The highest BCUT2D eigenvalue weighted by atomic mass is 32.1. The highest BCUT2D eigenvalue weighted by Crippen LogP contribution is 2.19. The Morgan fingerprint density at radius 1 is 1.24 bits per heavy atom. The molecule has 0 saturated carbocycles. The van der Waals surface area contributed by atoms with Crippen LogP contribution in [0.5, 0.6) is 0 Å². The van der Waals surface area contributed by atoms with E-state index in [4.69, 9.17) is 4.74 Å². The zero-order valence-corrected chi connectivity index (χ0v) is 18.5. The molecule has 1 aromatic carbocycles. The lowest BCUT2D eigenvalue weighted by atomic mass is 10.2. The Morgan fingerprint density at radius 2 is 2.00 bits per heavy atom. The summed E-state index contributed by atoms with van der Waals surface area (Å²) in [6.07, 6.45) is 0.889. The SMILES string of the molecule is CCc1nsc(N2CCN(C(=NC)NCC(C)COCc3ccccc3)CC2)n1. The summed E-state index contributed by atoms with van der Waals surface area (Å²) in [5, 5.41) is 4.54. The topological polar surface area (TPSA) is 65.9 Å². The van der Waals surface area contributed by atoms with Crippen LogP contribution in [0.25, 0.3) is 0 Å². The van der Waals surface area contributed by atoms with E-state index < -0.39 is 0 Å². The van der Waals surface area contributed by atoms with Gasteiger partial charge < -0.3 is 19.9 Å². The summed E-state index contributed by atoms with van der Waals surface area (Å²) in [6, 6.07) is 10.3. The number of ether oxygens (including phenoxy) is 1. The predicted octanol–water partition coefficient (Wildman–Crippen LogP) is 2.65. The molecular weight excluding hydrogens is 384 g/mol. The molecular formula is C21H32N6OS. The molecule has 1 unspecified atom stereocenters. The second-order valence-electron chi connectivity index (χ2n) is 7.35. The molecule has 0 spiro atoms. The minimum Gasteiger partial charge on any atom is -0.376 e. The van der Waals surface area contributed by atoms with E-state index in [2.05, 4.69) is 55.4 Å². The Labute approximate surface area is 178 Å². The monoisotopic (exact) mass is 416 g/mol. The maximum absolute atomic E-state index is 5.86. The molecule has 29 heavy (non-hydrogen) atoms. The van der Waals surface area contributed by atoms with E-state index in [1.54, 1.807) is 0 Å². The number of hydrogen-bond donors (Lipinski definition) is 1. The first-order chi connectivity index (χ1) is 14.2. The minimum absolute atomic E-state index is 0.408. The average Bonchev–Trinajstić information content (AvgIpc) is 3.25. The Kier molecular flexibility index (Phi) is 8.25. The lowest BCUT2D eigenvalue weighted by molar-refractivity contribution is 0.0929. The number of benzene rings is 1. The fourth-order valence-corrected chi connectivity index (χ4v) is 4.04. The quantitative estimate of drug-likeness (QED) is 0.527. The van der Waals surface area contributed by atoms with E-state index >= 15 is 0 Å². The molecule has 158 valence electrons. The summed E-state index contributed by atoms with van der Waals surface area (Å²) in [5.41, 5.74) is 1.21. The van der Waals surface area contributed by atoms with Crippen LogP contribution in [0.3, 0.4) is 0 Å². The molecule has 1 saturated heterocycles. The lowest BCUT2D eigenvalue weighted by Gasteiger charge is -2.36. The van der Waals surface area contributed by atoms with Crippen molar-refractivity contribution in [1.29, 1.82) is 0 Å². The van der Waals surface area contributed by atoms with E-state index in [1.807, 2.05) is 25.2 Å². The number of guanidine groups is 1. The summed E-state index contributed by atoms with van der Waals surface area (Å²) in [5.74, 6) is 2.31. The van der Waals surface area contributed by atoms with E-state index in [0.717, 1.165) is 62.7 Å². The molecule has 0 bridgehead atoms. The van der Waals surface area contributed by atoms with Crippen LogP contribution in [0.15, 0.2) is 35.3 Å². The van der Waals surface area contributed by atoms with Gasteiger partial charge in [-0.3, -0.25) is 4.99 Å². The fourth-order valence-electron chi connectivity index (χ4n) is 3.24. The van der Waals surface area contributed by atoms with E-state index in [1.165, 1.54) is 17.1 Å². The number of aliphatic imine (C=N–C) groups is 1. The van der Waals surface area contributed by atoms with Gasteiger partial charge in [0.2, 0.25) is 5.13 Å². The van der Waals surface area contributed by atoms with Gasteiger partial charge in [-0.2, -0.15) is 4.37 Å². The lowest BCUT2D eigenvalue weighted by Crippen LogP contribution is -2.53. The first kappa shape index (κ1) is 21.5. The second kappa shape index (κ2) is 11.1. The molecule has 1 aromatic heterocycles. The van der Waals surface area contributed by atoms with Crippen LogP contribution in [0.4, 0.5) is 5.13 Å². The molecule has 8 heteroatoms. The van der Waals surface area contributed by atoms with Crippen LogP contribution in [0.1, 0.15) is 25.2 Å². The first-order valence-corrected chi connectivity index (χ1v) is 11.1. The fraction of sp³-hybridized carbons (Fsp3) is 0.571. The van der Waals surface area contributed by atoms with Crippen molar-refractivity contribution in [3.05, 3.63) is 41.7 Å². The zero-order valence-electron chi connectivity index (χ0n) is 17.7. The summed E-state index contributed by atoms with van der Waals surface area (Å²) in [7, 11) is 1.85. The largest absolute Gasteiger partial charge is 0.376 e. The van der Waals surface area contributed by atoms with Crippen molar-refractivity contribution >= 4 is 22.6 Å². The van der Waals surface area contributed by atoms with Gasteiger partial charge in [0.15, 0.2) is 5.96 Å². The summed E-state index contributed by atoms with van der Waals surface area (Å²) < 4.78 is 10.3. The Bertz CT molecular complexity index is 758. The molecule has 1 aliphatic rings. The van der Waals surface area contributed by atoms with Crippen molar-refractivity contribution in [2.45, 2.75) is 26.9 Å². The van der Waals surface area contributed by atoms with E-state index in [9.17, 15) is 0 Å². The molecule has 2 aromatic rings. The van der Waals surface area contributed by atoms with Crippen LogP contribution in [0.2, 0.25) is 0 Å². The highest BCUT2D eigenvalue weighted by molar-refractivity contribution is 7.09. The van der Waals surface area contributed by atoms with Gasteiger partial charge >= 0.3 is 0 Å². The van der Waals surface area contributed by atoms with Crippen LogP contribution in [-0.4, -0.2) is 66.6 Å². The van der Waals surface area contributed by atoms with Crippen molar-refractivity contribution in [3.8, 4) is 0 Å². The number of anilines is 1. The molecule has 0 radical (unpaired) electrons. The molecule has 1 N–H and O–H groups in total. The summed E-state index contributed by atoms with van der Waals surface area (Å²) in [4.78, 5) is 13.7. The molecule has 1 atom stereocenters. The van der Waals surface area contributed by atoms with Crippen LogP contribution in [0, 0.1) is 5.92 Å². The summed E-state index contributed by atoms with van der Waals surface area (Å²) >= 11 is 1.50. The summed E-state index contributed by atoms with van der Waals surface area (Å²) in [6.45, 7) is 10.3. The van der Waals surface area contributed by atoms with Crippen LogP contribution >= 0.6 is 11.5 Å². The van der Waals surface area contributed by atoms with Gasteiger partial charge in [0.25, 0.3) is 0 Å². The van der Waals surface area contributed by atoms with E-state index in [0.29, 0.717) is 12.5 Å². The van der Waals surface area contributed by atoms with Crippen molar-refractivity contribution < 1.29 is 4.74 Å². The molecule has 3 rings (SSSR count). The van der Waals surface area contributed by atoms with Crippen molar-refractivity contribution in [3.63, 3.8) is 0 Å². The minimum atomic E-state index is 0.408. The maximum atomic E-state index is 5.86. The van der Waals surface area contributed by atoms with Crippen molar-refractivity contribution in [2.24, 2.45) is 10.9 Å². The second-order valence-corrected chi connectivity index (χ2v) is 8.09. The van der Waals surface area contributed by atoms with Gasteiger partial charge in [0.1, 0.15) is 5.82 Å². The van der Waals surface area contributed by atoms with Crippen LogP contribution < -0.4 is 10.2 Å². The molecule has 7 nitrogen and oxygen atoms in total. The molecule has 0 amide bonds. The maximum Gasteiger partial charge on any atom is 0.205 e. The molecule has 1 aliphatic heterocycles. The number of piperazine rings is 1. The average molecular weight is 417 g/mol. The Hall–Kier alpha value is -2.19. The number of nitrogens with one attached hydrogen (secondary N) is 1. The van der Waals surface area contributed by atoms with Gasteiger partial charge in [-0.15, -0.1) is 0 Å². The third-order valence-electron chi connectivity index (χ3n) is 4.96. The van der Waals surface area contributed by atoms with Crippen molar-refractivity contribution in [2.75, 3.05) is 51.3 Å². The van der Waals surface area contributed by atoms with E-state index in [-0.39, 0.29) is 0 Å². The zero-order chi connectivity index (χ0) is 20.5. The number of hydrogen-bond acceptors (Lipinski definition) is 6. The highest BCUT2D eigenvalue weighted by Gasteiger charge is 2.22. The Balaban J connectivity index is 1.37. The number of nitrogens with zero attached hydrogens (tertiary/aromatic N) is 5. The standard InChI is InChI=1S/C21H32N6OS/c1-4-19-24-21(29-25-19)27-12-10-26(11-13-27)20(22-3)23-14-17(2)15-28-16-18-8-6-5-7-9-18/h5-9,17H,4,10-16H2,1-3H3,(H,22,23). The third-order valence-corrected chi connectivity index (χ3v) is 5.77. The number of aryl methyl sites for hydroxylation is 1. The van der Waals surface area contributed by atoms with Gasteiger partial charge in [-0.25, -0.2) is 4.98 Å². The predicted molar refractivity (Wildman–Crippen MR) is 120 cm³/mol. The Morgan fingerprint density at radius 3 is 2.66 bits per heavy atom. The van der Waals surface area contributed by atoms with Gasteiger partial charge in [0, 0.05) is 57.7 Å². The third kappa shape index (κ3) is 6.40. The number of rotatable bonds is 8. The molecule has 2 heterocycles. The van der Waals surface area contributed by atoms with Crippen molar-refractivity contribution in [1.82, 2.24) is 19.6 Å².